The van der Waals surface area contributed by atoms with Gasteiger partial charge in [-0.2, -0.15) is 13.2 Å². The fraction of sp³-hybridized carbons (Fsp3) is 0.100. The molecular formula is C10H4ClF3N2O. The Bertz CT molecular complexity index is 598. The number of fused-ring (bicyclic) bond motifs is 1. The van der Waals surface area contributed by atoms with Gasteiger partial charge in [-0.05, 0) is 18.2 Å². The van der Waals surface area contributed by atoms with Gasteiger partial charge >= 0.3 is 6.18 Å². The third-order valence-electron chi connectivity index (χ3n) is 2.10. The second-order valence-corrected chi connectivity index (χ2v) is 3.58. The van der Waals surface area contributed by atoms with Crippen LogP contribution in [0.3, 0.4) is 0 Å². The first-order valence-electron chi connectivity index (χ1n) is 4.41. The van der Waals surface area contributed by atoms with E-state index in [9.17, 15) is 18.0 Å². The van der Waals surface area contributed by atoms with Gasteiger partial charge in [-0.25, -0.2) is 9.97 Å². The Morgan fingerprint density at radius 1 is 1.24 bits per heavy atom. The van der Waals surface area contributed by atoms with Crippen molar-refractivity contribution in [3.8, 4) is 0 Å². The Hall–Kier alpha value is -1.69. The topological polar surface area (TPSA) is 42.9 Å². The van der Waals surface area contributed by atoms with Crippen molar-refractivity contribution in [2.24, 2.45) is 0 Å². The summed E-state index contributed by atoms with van der Waals surface area (Å²) in [7, 11) is 0. The molecule has 7 heteroatoms. The van der Waals surface area contributed by atoms with E-state index in [0.717, 1.165) is 12.1 Å². The van der Waals surface area contributed by atoms with Crippen molar-refractivity contribution in [1.29, 1.82) is 0 Å². The number of halogens is 4. The Morgan fingerprint density at radius 2 is 1.94 bits per heavy atom. The Morgan fingerprint density at radius 3 is 2.53 bits per heavy atom. The molecule has 0 bridgehead atoms. The Balaban J connectivity index is 2.72. The third kappa shape index (κ3) is 2.21. The van der Waals surface area contributed by atoms with E-state index in [2.05, 4.69) is 9.97 Å². The molecule has 1 aromatic heterocycles. The summed E-state index contributed by atoms with van der Waals surface area (Å²) in [5.74, 6) is -0.248. The fourth-order valence-corrected chi connectivity index (χ4v) is 1.58. The largest absolute Gasteiger partial charge is 0.416 e. The molecule has 88 valence electrons. The summed E-state index contributed by atoms with van der Waals surface area (Å²) < 4.78 is 37.4. The van der Waals surface area contributed by atoms with Crippen LogP contribution < -0.4 is 0 Å². The van der Waals surface area contributed by atoms with E-state index in [0.29, 0.717) is 6.29 Å². The zero-order chi connectivity index (χ0) is 12.6. The molecule has 0 saturated heterocycles. The number of alkyl halides is 3. The second kappa shape index (κ2) is 3.96. The van der Waals surface area contributed by atoms with Crippen LogP contribution in [0.15, 0.2) is 18.2 Å². The number of benzene rings is 1. The van der Waals surface area contributed by atoms with Crippen LogP contribution in [0.2, 0.25) is 5.15 Å². The maximum atomic E-state index is 12.5. The normalized spacial score (nSPS) is 11.8. The summed E-state index contributed by atoms with van der Waals surface area (Å²) in [6.45, 7) is 0. The highest BCUT2D eigenvalue weighted by molar-refractivity contribution is 6.34. The molecule has 17 heavy (non-hydrogen) atoms. The molecule has 0 aliphatic rings. The van der Waals surface area contributed by atoms with Crippen LogP contribution in [-0.4, -0.2) is 16.3 Å². The molecule has 0 atom stereocenters. The number of rotatable bonds is 1. The quantitative estimate of drug-likeness (QED) is 0.584. The Labute approximate surface area is 98.2 Å². The lowest BCUT2D eigenvalue weighted by atomic mass is 10.1. The highest BCUT2D eigenvalue weighted by Crippen LogP contribution is 2.32. The summed E-state index contributed by atoms with van der Waals surface area (Å²) in [5.41, 5.74) is -0.862. The molecule has 0 fully saturated rings. The first kappa shape index (κ1) is 11.8. The number of carbonyl (C=O) groups is 1. The molecular weight excluding hydrogens is 257 g/mol. The van der Waals surface area contributed by atoms with Gasteiger partial charge < -0.3 is 0 Å². The lowest BCUT2D eigenvalue weighted by Gasteiger charge is -2.07. The smallest absolute Gasteiger partial charge is 0.294 e. The second-order valence-electron chi connectivity index (χ2n) is 3.22. The van der Waals surface area contributed by atoms with Crippen LogP contribution in [0.5, 0.6) is 0 Å². The van der Waals surface area contributed by atoms with Crippen molar-refractivity contribution in [3.63, 3.8) is 0 Å². The van der Waals surface area contributed by atoms with Crippen LogP contribution in [0.4, 0.5) is 13.2 Å². The molecule has 3 nitrogen and oxygen atoms in total. The van der Waals surface area contributed by atoms with Gasteiger partial charge in [-0.15, -0.1) is 0 Å². The van der Waals surface area contributed by atoms with Crippen LogP contribution in [0.1, 0.15) is 16.2 Å². The maximum absolute atomic E-state index is 12.5. The number of carbonyl (C=O) groups excluding carboxylic acids is 1. The monoisotopic (exact) mass is 260 g/mol. The number of aldehydes is 1. The average Bonchev–Trinajstić information content (AvgIpc) is 2.27. The first-order valence-corrected chi connectivity index (χ1v) is 4.79. The summed E-state index contributed by atoms with van der Waals surface area (Å²) in [6, 6.07) is 2.89. The van der Waals surface area contributed by atoms with Gasteiger partial charge in [0.25, 0.3) is 0 Å². The van der Waals surface area contributed by atoms with Gasteiger partial charge in [0.15, 0.2) is 12.1 Å². The SMILES string of the molecule is O=Cc1nc(Cl)c2ccc(C(F)(F)F)cc2n1. The lowest BCUT2D eigenvalue weighted by molar-refractivity contribution is -0.137. The predicted molar refractivity (Wildman–Crippen MR) is 54.9 cm³/mol. The van der Waals surface area contributed by atoms with Crippen molar-refractivity contribution >= 4 is 28.8 Å². The van der Waals surface area contributed by atoms with Crippen molar-refractivity contribution in [1.82, 2.24) is 9.97 Å². The molecule has 2 rings (SSSR count). The predicted octanol–water partition coefficient (Wildman–Crippen LogP) is 3.11. The van der Waals surface area contributed by atoms with E-state index in [1.54, 1.807) is 0 Å². The van der Waals surface area contributed by atoms with Crippen LogP contribution in [0, 0.1) is 0 Å². The maximum Gasteiger partial charge on any atom is 0.416 e. The van der Waals surface area contributed by atoms with Crippen molar-refractivity contribution in [2.75, 3.05) is 0 Å². The molecule has 0 N–H and O–H groups in total. The van der Waals surface area contributed by atoms with E-state index in [-0.39, 0.29) is 21.9 Å². The Kier molecular flexibility index (Phi) is 2.74. The highest BCUT2D eigenvalue weighted by Gasteiger charge is 2.30. The molecule has 1 heterocycles. The zero-order valence-corrected chi connectivity index (χ0v) is 8.88. The van der Waals surface area contributed by atoms with E-state index in [1.807, 2.05) is 0 Å². The van der Waals surface area contributed by atoms with Gasteiger partial charge in [0.05, 0.1) is 11.1 Å². The standard InChI is InChI=1S/C10H4ClF3N2O/c11-9-6-2-1-5(10(12,13)14)3-7(6)15-8(4-17)16-9/h1-4H. The van der Waals surface area contributed by atoms with E-state index in [4.69, 9.17) is 11.6 Å². The van der Waals surface area contributed by atoms with Gasteiger partial charge in [0.1, 0.15) is 5.15 Å². The summed E-state index contributed by atoms with van der Waals surface area (Å²) >= 11 is 5.72. The fourth-order valence-electron chi connectivity index (χ4n) is 1.34. The van der Waals surface area contributed by atoms with Gasteiger partial charge in [-0.3, -0.25) is 4.79 Å². The minimum atomic E-state index is -4.47. The molecule has 0 aliphatic carbocycles. The lowest BCUT2D eigenvalue weighted by Crippen LogP contribution is -2.05. The average molecular weight is 261 g/mol. The summed E-state index contributed by atoms with van der Waals surface area (Å²) in [5, 5.41) is 0.219. The third-order valence-corrected chi connectivity index (χ3v) is 2.39. The van der Waals surface area contributed by atoms with Gasteiger partial charge in [0.2, 0.25) is 0 Å². The van der Waals surface area contributed by atoms with Crippen LogP contribution in [0.25, 0.3) is 10.9 Å². The highest BCUT2D eigenvalue weighted by atomic mass is 35.5. The van der Waals surface area contributed by atoms with Crippen LogP contribution >= 0.6 is 11.6 Å². The van der Waals surface area contributed by atoms with Crippen LogP contribution in [-0.2, 0) is 6.18 Å². The molecule has 0 spiro atoms. The minimum Gasteiger partial charge on any atom is -0.294 e. The minimum absolute atomic E-state index is 0.0121. The molecule has 2 aromatic rings. The van der Waals surface area contributed by atoms with E-state index in [1.165, 1.54) is 6.07 Å². The van der Waals surface area contributed by atoms with Crippen molar-refractivity contribution in [3.05, 3.63) is 34.7 Å². The first-order chi connectivity index (χ1) is 7.91. The number of hydrogen-bond acceptors (Lipinski definition) is 3. The van der Waals surface area contributed by atoms with Gasteiger partial charge in [0, 0.05) is 5.39 Å². The number of aromatic nitrogens is 2. The summed E-state index contributed by atoms with van der Waals surface area (Å²) in [6.07, 6.45) is -4.14. The molecule has 0 aliphatic heterocycles. The number of nitrogens with zero attached hydrogens (tertiary/aromatic N) is 2. The van der Waals surface area contributed by atoms with Gasteiger partial charge in [-0.1, -0.05) is 11.6 Å². The van der Waals surface area contributed by atoms with E-state index >= 15 is 0 Å². The molecule has 0 unspecified atom stereocenters. The zero-order valence-electron chi connectivity index (χ0n) is 8.12. The van der Waals surface area contributed by atoms with Crippen molar-refractivity contribution in [2.45, 2.75) is 6.18 Å². The molecule has 0 amide bonds. The van der Waals surface area contributed by atoms with Crippen molar-refractivity contribution < 1.29 is 18.0 Å². The van der Waals surface area contributed by atoms with E-state index < -0.39 is 11.7 Å². The summed E-state index contributed by atoms with van der Waals surface area (Å²) in [4.78, 5) is 17.8. The molecule has 0 radical (unpaired) electrons. The molecule has 1 aromatic carbocycles. The number of hydrogen-bond donors (Lipinski definition) is 0. The molecule has 0 saturated carbocycles.